The van der Waals surface area contributed by atoms with Crippen molar-refractivity contribution < 1.29 is 4.74 Å². The van der Waals surface area contributed by atoms with E-state index < -0.39 is 0 Å². The lowest BCUT2D eigenvalue weighted by Gasteiger charge is -2.16. The van der Waals surface area contributed by atoms with Crippen LogP contribution < -0.4 is 15.4 Å². The number of hydrogen-bond acceptors (Lipinski definition) is 4. The van der Waals surface area contributed by atoms with E-state index in [2.05, 4.69) is 15.6 Å². The molecule has 1 aliphatic rings. The summed E-state index contributed by atoms with van der Waals surface area (Å²) in [6, 6.07) is 7.39. The number of nitrogens with zero attached hydrogens (tertiary/aromatic N) is 1. The van der Waals surface area contributed by atoms with Gasteiger partial charge in [0, 0.05) is 18.1 Å². The summed E-state index contributed by atoms with van der Waals surface area (Å²) >= 11 is 5.85. The van der Waals surface area contributed by atoms with Crippen molar-refractivity contribution in [3.63, 3.8) is 0 Å². The Kier molecular flexibility index (Phi) is 7.19. The molecule has 1 heterocycles. The molecule has 0 amide bonds. The third kappa shape index (κ3) is 5.30. The van der Waals surface area contributed by atoms with Crippen molar-refractivity contribution in [1.29, 1.82) is 0 Å². The minimum absolute atomic E-state index is 0. The second-order valence-electron chi connectivity index (χ2n) is 3.74. The molecule has 0 bridgehead atoms. The third-order valence-electron chi connectivity index (χ3n) is 2.36. The summed E-state index contributed by atoms with van der Waals surface area (Å²) in [6.07, 6.45) is 1.10. The number of hydrogen-bond donors (Lipinski definition) is 2. The van der Waals surface area contributed by atoms with E-state index >= 15 is 0 Å². The highest BCUT2D eigenvalue weighted by Crippen LogP contribution is 2.16. The van der Waals surface area contributed by atoms with Crippen molar-refractivity contribution in [1.82, 2.24) is 10.6 Å². The van der Waals surface area contributed by atoms with E-state index in [9.17, 15) is 0 Å². The van der Waals surface area contributed by atoms with E-state index in [0.717, 1.165) is 37.8 Å². The van der Waals surface area contributed by atoms with E-state index in [4.69, 9.17) is 16.3 Å². The maximum absolute atomic E-state index is 5.85. The molecule has 0 radical (unpaired) electrons. The maximum atomic E-state index is 5.85. The average molecular weight is 382 g/mol. The van der Waals surface area contributed by atoms with Crippen molar-refractivity contribution in [2.45, 2.75) is 6.42 Å². The van der Waals surface area contributed by atoms with Gasteiger partial charge >= 0.3 is 0 Å². The van der Waals surface area contributed by atoms with Gasteiger partial charge in [-0.25, -0.2) is 0 Å². The molecule has 100 valence electrons. The van der Waals surface area contributed by atoms with Crippen molar-refractivity contribution in [2.24, 2.45) is 4.99 Å². The summed E-state index contributed by atoms with van der Waals surface area (Å²) < 4.78 is 5.55. The fourth-order valence-electron chi connectivity index (χ4n) is 1.55. The highest BCUT2D eigenvalue weighted by Gasteiger charge is 2.02. The van der Waals surface area contributed by atoms with Crippen LogP contribution in [-0.4, -0.2) is 32.2 Å². The van der Waals surface area contributed by atoms with E-state index in [1.165, 1.54) is 0 Å². The molecule has 0 spiro atoms. The van der Waals surface area contributed by atoms with Gasteiger partial charge in [0.2, 0.25) is 0 Å². The molecule has 1 aliphatic heterocycles. The molecular formula is C12H17ClIN3O. The number of guanidine groups is 1. The normalized spacial score (nSPS) is 13.9. The summed E-state index contributed by atoms with van der Waals surface area (Å²) in [7, 11) is 0. The Morgan fingerprint density at radius 2 is 2.33 bits per heavy atom. The predicted octanol–water partition coefficient (Wildman–Crippen LogP) is 2.28. The van der Waals surface area contributed by atoms with Crippen LogP contribution >= 0.6 is 35.6 Å². The van der Waals surface area contributed by atoms with Crippen LogP contribution in [0.5, 0.6) is 5.75 Å². The maximum Gasteiger partial charge on any atom is 0.191 e. The van der Waals surface area contributed by atoms with E-state index in [1.807, 2.05) is 18.2 Å². The first-order valence-corrected chi connectivity index (χ1v) is 6.13. The van der Waals surface area contributed by atoms with Crippen LogP contribution in [0.1, 0.15) is 6.42 Å². The molecule has 4 nitrogen and oxygen atoms in total. The zero-order valence-corrected chi connectivity index (χ0v) is 13.1. The Hall–Kier alpha value is -0.690. The van der Waals surface area contributed by atoms with Gasteiger partial charge in [0.15, 0.2) is 5.96 Å². The summed E-state index contributed by atoms with van der Waals surface area (Å²) in [4.78, 5) is 4.31. The Morgan fingerprint density at radius 3 is 3.06 bits per heavy atom. The minimum atomic E-state index is 0. The van der Waals surface area contributed by atoms with Gasteiger partial charge in [0.25, 0.3) is 0 Å². The van der Waals surface area contributed by atoms with Gasteiger partial charge in [0.05, 0.1) is 6.54 Å². The molecule has 18 heavy (non-hydrogen) atoms. The van der Waals surface area contributed by atoms with Crippen LogP contribution in [0.3, 0.4) is 0 Å². The van der Waals surface area contributed by atoms with Crippen LogP contribution in [0.2, 0.25) is 5.02 Å². The number of benzene rings is 1. The average Bonchev–Trinajstić information content (AvgIpc) is 2.36. The second-order valence-corrected chi connectivity index (χ2v) is 4.18. The Labute approximate surface area is 129 Å². The van der Waals surface area contributed by atoms with Crippen LogP contribution in [0.25, 0.3) is 0 Å². The lowest BCUT2D eigenvalue weighted by molar-refractivity contribution is 0.321. The highest BCUT2D eigenvalue weighted by atomic mass is 127. The topological polar surface area (TPSA) is 45.6 Å². The van der Waals surface area contributed by atoms with Crippen molar-refractivity contribution in [2.75, 3.05) is 26.2 Å². The molecule has 0 aliphatic carbocycles. The quantitative estimate of drug-likeness (QED) is 0.621. The molecule has 1 aromatic rings. The first-order chi connectivity index (χ1) is 8.34. The molecule has 0 saturated carbocycles. The number of ether oxygens (including phenoxy) is 1. The lowest BCUT2D eigenvalue weighted by Crippen LogP contribution is -2.42. The monoisotopic (exact) mass is 381 g/mol. The highest BCUT2D eigenvalue weighted by molar-refractivity contribution is 14.0. The number of halogens is 2. The molecule has 2 rings (SSSR count). The van der Waals surface area contributed by atoms with E-state index in [1.54, 1.807) is 6.07 Å². The van der Waals surface area contributed by atoms with Gasteiger partial charge in [-0.05, 0) is 24.6 Å². The lowest BCUT2D eigenvalue weighted by atomic mass is 10.3. The second kappa shape index (κ2) is 8.42. The SMILES string of the molecule is Clc1cccc(OCCNC2=NCCCN2)c1.I. The van der Waals surface area contributed by atoms with Gasteiger partial charge in [-0.3, -0.25) is 4.99 Å². The van der Waals surface area contributed by atoms with E-state index in [-0.39, 0.29) is 24.0 Å². The molecular weight excluding hydrogens is 365 g/mol. The van der Waals surface area contributed by atoms with Crippen molar-refractivity contribution in [3.8, 4) is 5.75 Å². The number of aliphatic imine (C=N–C) groups is 1. The largest absolute Gasteiger partial charge is 0.492 e. The zero-order valence-electron chi connectivity index (χ0n) is 9.99. The van der Waals surface area contributed by atoms with Crippen LogP contribution in [0.15, 0.2) is 29.3 Å². The molecule has 6 heteroatoms. The van der Waals surface area contributed by atoms with Crippen LogP contribution in [-0.2, 0) is 0 Å². The molecule has 2 N–H and O–H groups in total. The number of rotatable bonds is 4. The van der Waals surface area contributed by atoms with Crippen LogP contribution in [0, 0.1) is 0 Å². The predicted molar refractivity (Wildman–Crippen MR) is 85.3 cm³/mol. The summed E-state index contributed by atoms with van der Waals surface area (Å²) in [6.45, 7) is 3.19. The molecule has 0 atom stereocenters. The fourth-order valence-corrected chi connectivity index (χ4v) is 1.73. The molecule has 0 unspecified atom stereocenters. The molecule has 0 fully saturated rings. The zero-order chi connectivity index (χ0) is 11.9. The van der Waals surface area contributed by atoms with Gasteiger partial charge in [-0.2, -0.15) is 0 Å². The van der Waals surface area contributed by atoms with Gasteiger partial charge in [-0.15, -0.1) is 24.0 Å². The summed E-state index contributed by atoms with van der Waals surface area (Å²) in [5.41, 5.74) is 0. The summed E-state index contributed by atoms with van der Waals surface area (Å²) in [5.74, 6) is 1.66. The standard InChI is InChI=1S/C12H16ClN3O.HI/c13-10-3-1-4-11(9-10)17-8-7-16-12-14-5-2-6-15-12;/h1,3-4,9H,2,5-8H2,(H2,14,15,16);1H. The van der Waals surface area contributed by atoms with Gasteiger partial charge in [0.1, 0.15) is 12.4 Å². The minimum Gasteiger partial charge on any atom is -0.492 e. The first kappa shape index (κ1) is 15.4. The molecule has 0 aromatic heterocycles. The van der Waals surface area contributed by atoms with Gasteiger partial charge < -0.3 is 15.4 Å². The van der Waals surface area contributed by atoms with Crippen molar-refractivity contribution in [3.05, 3.63) is 29.3 Å². The smallest absolute Gasteiger partial charge is 0.191 e. The third-order valence-corrected chi connectivity index (χ3v) is 2.59. The molecule has 1 aromatic carbocycles. The Morgan fingerprint density at radius 1 is 1.44 bits per heavy atom. The van der Waals surface area contributed by atoms with Gasteiger partial charge in [-0.1, -0.05) is 17.7 Å². The Bertz CT molecular complexity index is 401. The summed E-state index contributed by atoms with van der Waals surface area (Å²) in [5, 5.41) is 7.07. The molecule has 0 saturated heterocycles. The van der Waals surface area contributed by atoms with Crippen molar-refractivity contribution >= 4 is 41.5 Å². The first-order valence-electron chi connectivity index (χ1n) is 5.75. The van der Waals surface area contributed by atoms with E-state index in [0.29, 0.717) is 11.6 Å². The fraction of sp³-hybridized carbons (Fsp3) is 0.417. The van der Waals surface area contributed by atoms with Crippen LogP contribution in [0.4, 0.5) is 0 Å². The Balaban J connectivity index is 0.00000162. The number of nitrogens with one attached hydrogen (secondary N) is 2.